The van der Waals surface area contributed by atoms with Crippen LogP contribution >= 0.6 is 0 Å². The zero-order chi connectivity index (χ0) is 12.5. The van der Waals surface area contributed by atoms with E-state index in [-0.39, 0.29) is 9.99 Å². The summed E-state index contributed by atoms with van der Waals surface area (Å²) >= 11 is 0. The molecule has 5 nitrogen and oxygen atoms in total. The number of rotatable bonds is 3. The zero-order valence-electron chi connectivity index (χ0n) is 8.53. The van der Waals surface area contributed by atoms with Crippen LogP contribution in [0.2, 0.25) is 0 Å². The Morgan fingerprint density at radius 1 is 1.06 bits per heavy atom. The van der Waals surface area contributed by atoms with Crippen LogP contribution < -0.4 is 0 Å². The highest BCUT2D eigenvalue weighted by Crippen LogP contribution is 2.22. The van der Waals surface area contributed by atoms with E-state index in [0.29, 0.717) is 0 Å². The van der Waals surface area contributed by atoms with E-state index >= 15 is 0 Å². The first kappa shape index (κ1) is 11.4. The van der Waals surface area contributed by atoms with Crippen LogP contribution in [-0.4, -0.2) is 19.5 Å². The van der Waals surface area contributed by atoms with E-state index in [1.807, 2.05) is 0 Å². The molecule has 0 aliphatic heterocycles. The smallest absolute Gasteiger partial charge is 0.371 e. The third kappa shape index (κ3) is 2.07. The van der Waals surface area contributed by atoms with Crippen molar-refractivity contribution in [3.8, 4) is 0 Å². The van der Waals surface area contributed by atoms with E-state index in [2.05, 4.69) is 0 Å². The molecule has 0 bridgehead atoms. The zero-order valence-corrected chi connectivity index (χ0v) is 9.35. The highest BCUT2D eigenvalue weighted by atomic mass is 32.2. The molecular formula is C11H8O5S. The van der Waals surface area contributed by atoms with Crippen molar-refractivity contribution in [1.29, 1.82) is 0 Å². The van der Waals surface area contributed by atoms with Crippen LogP contribution in [0.4, 0.5) is 0 Å². The molecule has 1 heterocycles. The largest absolute Gasteiger partial charge is 0.475 e. The molecule has 0 fully saturated rings. The number of carboxylic acid groups (broad SMARTS) is 1. The topological polar surface area (TPSA) is 84.6 Å². The Balaban J connectivity index is 2.49. The Morgan fingerprint density at radius 3 is 2.24 bits per heavy atom. The summed E-state index contributed by atoms with van der Waals surface area (Å²) in [6.07, 6.45) is 0. The minimum Gasteiger partial charge on any atom is -0.475 e. The lowest BCUT2D eigenvalue weighted by molar-refractivity contribution is 0.0656. The maximum absolute atomic E-state index is 12.0. The fourth-order valence-corrected chi connectivity index (χ4v) is 2.49. The van der Waals surface area contributed by atoms with Crippen LogP contribution in [0.1, 0.15) is 10.6 Å². The second-order valence-corrected chi connectivity index (χ2v) is 5.12. The van der Waals surface area contributed by atoms with Crippen molar-refractivity contribution in [2.24, 2.45) is 0 Å². The van der Waals surface area contributed by atoms with Crippen LogP contribution in [0, 0.1) is 0 Å². The molecule has 0 radical (unpaired) electrons. The maximum atomic E-state index is 12.0. The Morgan fingerprint density at radius 2 is 1.71 bits per heavy atom. The lowest BCUT2D eigenvalue weighted by atomic mass is 10.4. The van der Waals surface area contributed by atoms with Gasteiger partial charge >= 0.3 is 5.97 Å². The van der Waals surface area contributed by atoms with Gasteiger partial charge in [-0.3, -0.25) is 0 Å². The van der Waals surface area contributed by atoms with Gasteiger partial charge in [-0.25, -0.2) is 13.2 Å². The minimum absolute atomic E-state index is 0.0614. The van der Waals surface area contributed by atoms with E-state index in [4.69, 9.17) is 9.52 Å². The van der Waals surface area contributed by atoms with Gasteiger partial charge in [0, 0.05) is 0 Å². The number of sulfone groups is 1. The molecule has 0 aliphatic rings. The van der Waals surface area contributed by atoms with Crippen LogP contribution in [0.3, 0.4) is 0 Å². The second-order valence-electron chi connectivity index (χ2n) is 3.24. The van der Waals surface area contributed by atoms with Gasteiger partial charge in [-0.1, -0.05) is 18.2 Å². The lowest BCUT2D eigenvalue weighted by Gasteiger charge is -1.99. The molecule has 1 aromatic carbocycles. The Hall–Kier alpha value is -2.08. The standard InChI is InChI=1S/C11H8O5S/c12-11(13)9-6-7-10(16-9)17(14,15)8-4-2-1-3-5-8/h1-7H,(H,12,13). The number of carbonyl (C=O) groups is 1. The summed E-state index contributed by atoms with van der Waals surface area (Å²) < 4.78 is 28.7. The first-order valence-corrected chi connectivity index (χ1v) is 6.13. The molecule has 0 amide bonds. The molecule has 6 heteroatoms. The molecule has 0 saturated carbocycles. The maximum Gasteiger partial charge on any atom is 0.371 e. The molecule has 1 aromatic heterocycles. The monoisotopic (exact) mass is 252 g/mol. The summed E-state index contributed by atoms with van der Waals surface area (Å²) in [6.45, 7) is 0. The average Bonchev–Trinajstić information content (AvgIpc) is 2.80. The Bertz CT molecular complexity index is 640. The van der Waals surface area contributed by atoms with Crippen LogP contribution in [0.15, 0.2) is 56.9 Å². The lowest BCUT2D eigenvalue weighted by Crippen LogP contribution is -2.00. The molecule has 0 spiro atoms. The number of aromatic carboxylic acids is 1. The fourth-order valence-electron chi connectivity index (χ4n) is 1.30. The first-order chi connectivity index (χ1) is 8.01. The molecule has 0 unspecified atom stereocenters. The molecule has 2 aromatic rings. The third-order valence-electron chi connectivity index (χ3n) is 2.11. The molecule has 0 aliphatic carbocycles. The SMILES string of the molecule is O=C(O)c1ccc(S(=O)(=O)c2ccccc2)o1. The molecule has 0 saturated heterocycles. The van der Waals surface area contributed by atoms with Gasteiger partial charge in [0.2, 0.25) is 20.7 Å². The van der Waals surface area contributed by atoms with Gasteiger partial charge in [-0.15, -0.1) is 0 Å². The number of benzene rings is 1. The Kier molecular flexibility index (Phi) is 2.72. The van der Waals surface area contributed by atoms with Crippen molar-refractivity contribution in [3.05, 3.63) is 48.2 Å². The predicted molar refractivity (Wildman–Crippen MR) is 57.6 cm³/mol. The fraction of sp³-hybridized carbons (Fsp3) is 0. The van der Waals surface area contributed by atoms with Gasteiger partial charge in [-0.2, -0.15) is 0 Å². The minimum atomic E-state index is -3.78. The summed E-state index contributed by atoms with van der Waals surface area (Å²) in [5.74, 6) is -1.71. The van der Waals surface area contributed by atoms with Gasteiger partial charge in [0.1, 0.15) is 0 Å². The van der Waals surface area contributed by atoms with Crippen molar-refractivity contribution < 1.29 is 22.7 Å². The molecule has 0 atom stereocenters. The summed E-state index contributed by atoms with van der Waals surface area (Å²) in [5, 5.41) is 8.27. The summed E-state index contributed by atoms with van der Waals surface area (Å²) in [5.41, 5.74) is 0. The van der Waals surface area contributed by atoms with Crippen molar-refractivity contribution >= 4 is 15.8 Å². The average molecular weight is 252 g/mol. The van der Waals surface area contributed by atoms with Gasteiger partial charge in [0.15, 0.2) is 0 Å². The van der Waals surface area contributed by atoms with Gasteiger partial charge in [-0.05, 0) is 24.3 Å². The number of carboxylic acids is 1. The number of hydrogen-bond donors (Lipinski definition) is 1. The third-order valence-corrected chi connectivity index (χ3v) is 3.75. The molecular weight excluding hydrogens is 244 g/mol. The number of furan rings is 1. The van der Waals surface area contributed by atoms with Crippen LogP contribution in [0.25, 0.3) is 0 Å². The van der Waals surface area contributed by atoms with Gasteiger partial charge in [0.05, 0.1) is 4.90 Å². The normalized spacial score (nSPS) is 11.3. The summed E-state index contributed by atoms with van der Waals surface area (Å²) in [6, 6.07) is 9.91. The highest BCUT2D eigenvalue weighted by molar-refractivity contribution is 7.91. The van der Waals surface area contributed by atoms with Crippen molar-refractivity contribution in [3.63, 3.8) is 0 Å². The quantitative estimate of drug-likeness (QED) is 0.900. The second kappa shape index (κ2) is 4.06. The summed E-state index contributed by atoms with van der Waals surface area (Å²) in [4.78, 5) is 10.7. The summed E-state index contributed by atoms with van der Waals surface area (Å²) in [7, 11) is -3.78. The van der Waals surface area contributed by atoms with Crippen molar-refractivity contribution in [1.82, 2.24) is 0 Å². The van der Waals surface area contributed by atoms with Crippen LogP contribution in [0.5, 0.6) is 0 Å². The molecule has 1 N–H and O–H groups in total. The van der Waals surface area contributed by atoms with Crippen LogP contribution in [-0.2, 0) is 9.84 Å². The van der Waals surface area contributed by atoms with E-state index in [9.17, 15) is 13.2 Å². The number of hydrogen-bond acceptors (Lipinski definition) is 4. The van der Waals surface area contributed by atoms with Crippen molar-refractivity contribution in [2.45, 2.75) is 9.99 Å². The van der Waals surface area contributed by atoms with E-state index in [1.54, 1.807) is 18.2 Å². The highest BCUT2D eigenvalue weighted by Gasteiger charge is 2.22. The van der Waals surface area contributed by atoms with E-state index < -0.39 is 21.6 Å². The first-order valence-electron chi connectivity index (χ1n) is 4.65. The van der Waals surface area contributed by atoms with Gasteiger partial charge in [0.25, 0.3) is 0 Å². The molecule has 17 heavy (non-hydrogen) atoms. The van der Waals surface area contributed by atoms with E-state index in [1.165, 1.54) is 12.1 Å². The Labute approximate surface area is 97.2 Å². The van der Waals surface area contributed by atoms with Gasteiger partial charge < -0.3 is 9.52 Å². The molecule has 2 rings (SSSR count). The van der Waals surface area contributed by atoms with E-state index in [0.717, 1.165) is 12.1 Å². The van der Waals surface area contributed by atoms with Crippen molar-refractivity contribution in [2.75, 3.05) is 0 Å². The predicted octanol–water partition coefficient (Wildman–Crippen LogP) is 1.81. The molecule has 88 valence electrons.